The van der Waals surface area contributed by atoms with Crippen molar-refractivity contribution in [1.82, 2.24) is 15.5 Å². The number of hydrogen-bond acceptors (Lipinski definition) is 4. The summed E-state index contributed by atoms with van der Waals surface area (Å²) >= 11 is 0. The molecule has 2 amide bonds. The summed E-state index contributed by atoms with van der Waals surface area (Å²) in [7, 11) is 0. The van der Waals surface area contributed by atoms with Gasteiger partial charge in [0.15, 0.2) is 0 Å². The maximum Gasteiger partial charge on any atom is 0.234 e. The molecular formula is C15H28N4O2. The number of likely N-dealkylation sites (tertiary alicyclic amines) is 1. The Morgan fingerprint density at radius 2 is 1.90 bits per heavy atom. The van der Waals surface area contributed by atoms with Crippen molar-refractivity contribution in [2.75, 3.05) is 32.7 Å². The van der Waals surface area contributed by atoms with Crippen LogP contribution >= 0.6 is 0 Å². The van der Waals surface area contributed by atoms with Crippen molar-refractivity contribution in [1.29, 1.82) is 0 Å². The van der Waals surface area contributed by atoms with Crippen molar-refractivity contribution < 1.29 is 9.59 Å². The van der Waals surface area contributed by atoms with Crippen LogP contribution in [-0.2, 0) is 9.59 Å². The van der Waals surface area contributed by atoms with E-state index in [0.29, 0.717) is 32.2 Å². The van der Waals surface area contributed by atoms with Gasteiger partial charge in [-0.15, -0.1) is 0 Å². The summed E-state index contributed by atoms with van der Waals surface area (Å²) in [6.07, 6.45) is 6.52. The molecule has 1 aliphatic heterocycles. The van der Waals surface area contributed by atoms with Gasteiger partial charge in [0.1, 0.15) is 0 Å². The van der Waals surface area contributed by atoms with Crippen molar-refractivity contribution >= 4 is 11.8 Å². The predicted octanol–water partition coefficient (Wildman–Crippen LogP) is -0.168. The molecule has 6 nitrogen and oxygen atoms in total. The van der Waals surface area contributed by atoms with E-state index in [1.807, 2.05) is 0 Å². The van der Waals surface area contributed by atoms with Crippen LogP contribution in [0.5, 0.6) is 0 Å². The summed E-state index contributed by atoms with van der Waals surface area (Å²) in [6.45, 7) is 2.98. The fraction of sp³-hybridized carbons (Fsp3) is 0.867. The smallest absolute Gasteiger partial charge is 0.234 e. The number of nitrogens with zero attached hydrogens (tertiary/aromatic N) is 1. The van der Waals surface area contributed by atoms with E-state index in [0.717, 1.165) is 32.2 Å². The average molecular weight is 296 g/mol. The Hall–Kier alpha value is -1.14. The Balaban J connectivity index is 1.72. The van der Waals surface area contributed by atoms with Crippen LogP contribution < -0.4 is 16.4 Å². The van der Waals surface area contributed by atoms with Gasteiger partial charge in [-0.2, -0.15) is 0 Å². The SMILES string of the molecule is NCCNC(=O)C1CCCN(CC(=O)NC2CCCC2)C1. The molecule has 2 rings (SSSR count). The fourth-order valence-corrected chi connectivity index (χ4v) is 3.30. The van der Waals surface area contributed by atoms with E-state index in [1.165, 1.54) is 12.8 Å². The van der Waals surface area contributed by atoms with Gasteiger partial charge in [0.25, 0.3) is 0 Å². The molecule has 0 aromatic carbocycles. The fourth-order valence-electron chi connectivity index (χ4n) is 3.30. The van der Waals surface area contributed by atoms with E-state index in [-0.39, 0.29) is 17.7 Å². The standard InChI is InChI=1S/C15H28N4O2/c16-7-8-17-15(21)12-4-3-9-19(10-12)11-14(20)18-13-5-1-2-6-13/h12-13H,1-11,16H2,(H,17,21)(H,18,20). The highest BCUT2D eigenvalue weighted by atomic mass is 16.2. The topological polar surface area (TPSA) is 87.5 Å². The summed E-state index contributed by atoms with van der Waals surface area (Å²) in [5.74, 6) is 0.163. The molecule has 120 valence electrons. The molecule has 1 aliphatic carbocycles. The van der Waals surface area contributed by atoms with Gasteiger partial charge in [0, 0.05) is 25.7 Å². The molecule has 0 spiro atoms. The molecule has 0 bridgehead atoms. The Labute approximate surface area is 126 Å². The minimum atomic E-state index is -0.00965. The minimum Gasteiger partial charge on any atom is -0.355 e. The molecule has 1 unspecified atom stereocenters. The normalized spacial score (nSPS) is 24.0. The Morgan fingerprint density at radius 1 is 1.14 bits per heavy atom. The summed E-state index contributed by atoms with van der Waals surface area (Å²) in [5.41, 5.74) is 5.40. The van der Waals surface area contributed by atoms with Crippen LogP contribution in [0.1, 0.15) is 38.5 Å². The van der Waals surface area contributed by atoms with Gasteiger partial charge in [0.2, 0.25) is 11.8 Å². The Bertz CT molecular complexity index is 356. The average Bonchev–Trinajstić information content (AvgIpc) is 2.97. The first-order valence-electron chi connectivity index (χ1n) is 8.18. The number of nitrogens with one attached hydrogen (secondary N) is 2. The third kappa shape index (κ3) is 5.28. The van der Waals surface area contributed by atoms with Crippen LogP contribution in [0.4, 0.5) is 0 Å². The van der Waals surface area contributed by atoms with Crippen LogP contribution in [0.3, 0.4) is 0 Å². The first kappa shape index (κ1) is 16.2. The predicted molar refractivity (Wildman–Crippen MR) is 81.6 cm³/mol. The molecule has 1 atom stereocenters. The number of carbonyl (C=O) groups excluding carboxylic acids is 2. The molecule has 1 saturated carbocycles. The van der Waals surface area contributed by atoms with Crippen LogP contribution in [0.15, 0.2) is 0 Å². The van der Waals surface area contributed by atoms with Gasteiger partial charge in [-0.1, -0.05) is 12.8 Å². The molecule has 4 N–H and O–H groups in total. The van der Waals surface area contributed by atoms with E-state index in [4.69, 9.17) is 5.73 Å². The van der Waals surface area contributed by atoms with Gasteiger partial charge in [-0.05, 0) is 32.2 Å². The zero-order chi connectivity index (χ0) is 15.1. The lowest BCUT2D eigenvalue weighted by Crippen LogP contribution is -2.48. The van der Waals surface area contributed by atoms with E-state index in [1.54, 1.807) is 0 Å². The highest BCUT2D eigenvalue weighted by molar-refractivity contribution is 5.80. The first-order valence-corrected chi connectivity index (χ1v) is 8.18. The quantitative estimate of drug-likeness (QED) is 0.635. The van der Waals surface area contributed by atoms with E-state index in [9.17, 15) is 9.59 Å². The third-order valence-corrected chi connectivity index (χ3v) is 4.41. The number of amides is 2. The minimum absolute atomic E-state index is 0.00965. The molecule has 2 fully saturated rings. The molecule has 1 heterocycles. The van der Waals surface area contributed by atoms with Crippen LogP contribution in [-0.4, -0.2) is 55.5 Å². The Morgan fingerprint density at radius 3 is 2.62 bits per heavy atom. The summed E-state index contributed by atoms with van der Waals surface area (Å²) in [5, 5.41) is 5.95. The van der Waals surface area contributed by atoms with Crippen LogP contribution in [0.2, 0.25) is 0 Å². The molecule has 0 aromatic heterocycles. The van der Waals surface area contributed by atoms with Crippen LogP contribution in [0.25, 0.3) is 0 Å². The lowest BCUT2D eigenvalue weighted by atomic mass is 9.97. The van der Waals surface area contributed by atoms with E-state index >= 15 is 0 Å². The monoisotopic (exact) mass is 296 g/mol. The van der Waals surface area contributed by atoms with Gasteiger partial charge >= 0.3 is 0 Å². The molecule has 0 aromatic rings. The summed E-state index contributed by atoms with van der Waals surface area (Å²) in [6, 6.07) is 0.367. The first-order chi connectivity index (χ1) is 10.2. The maximum atomic E-state index is 12.0. The van der Waals surface area contributed by atoms with Gasteiger partial charge in [0.05, 0.1) is 12.5 Å². The highest BCUT2D eigenvalue weighted by Gasteiger charge is 2.27. The molecule has 0 radical (unpaired) electrons. The lowest BCUT2D eigenvalue weighted by molar-refractivity contribution is -0.129. The van der Waals surface area contributed by atoms with E-state index < -0.39 is 0 Å². The molecule has 1 saturated heterocycles. The second-order valence-electron chi connectivity index (χ2n) is 6.20. The zero-order valence-electron chi connectivity index (χ0n) is 12.8. The maximum absolute atomic E-state index is 12.0. The number of hydrogen-bond donors (Lipinski definition) is 3. The number of carbonyl (C=O) groups is 2. The molecule has 21 heavy (non-hydrogen) atoms. The lowest BCUT2D eigenvalue weighted by Gasteiger charge is -2.31. The van der Waals surface area contributed by atoms with E-state index in [2.05, 4.69) is 15.5 Å². The van der Waals surface area contributed by atoms with Gasteiger partial charge in [-0.25, -0.2) is 0 Å². The number of nitrogens with two attached hydrogens (primary N) is 1. The second-order valence-corrected chi connectivity index (χ2v) is 6.20. The van der Waals surface area contributed by atoms with Crippen molar-refractivity contribution in [2.24, 2.45) is 11.7 Å². The van der Waals surface area contributed by atoms with Gasteiger partial charge < -0.3 is 16.4 Å². The number of rotatable bonds is 6. The Kier molecular flexibility index (Phi) is 6.45. The molecule has 2 aliphatic rings. The van der Waals surface area contributed by atoms with Gasteiger partial charge in [-0.3, -0.25) is 14.5 Å². The zero-order valence-corrected chi connectivity index (χ0v) is 12.8. The highest BCUT2D eigenvalue weighted by Crippen LogP contribution is 2.18. The largest absolute Gasteiger partial charge is 0.355 e. The summed E-state index contributed by atoms with van der Waals surface area (Å²) < 4.78 is 0. The van der Waals surface area contributed by atoms with Crippen molar-refractivity contribution in [2.45, 2.75) is 44.6 Å². The third-order valence-electron chi connectivity index (χ3n) is 4.41. The summed E-state index contributed by atoms with van der Waals surface area (Å²) in [4.78, 5) is 26.1. The van der Waals surface area contributed by atoms with Crippen molar-refractivity contribution in [3.8, 4) is 0 Å². The second kappa shape index (κ2) is 8.34. The molecule has 6 heteroatoms. The van der Waals surface area contributed by atoms with Crippen molar-refractivity contribution in [3.63, 3.8) is 0 Å². The van der Waals surface area contributed by atoms with Crippen molar-refractivity contribution in [3.05, 3.63) is 0 Å². The number of piperidine rings is 1. The molecular weight excluding hydrogens is 268 g/mol. The van der Waals surface area contributed by atoms with Crippen LogP contribution in [0, 0.1) is 5.92 Å².